The number of ether oxygens (including phenoxy) is 1. The maximum Gasteiger partial charge on any atom is 0.328 e. The third-order valence-corrected chi connectivity index (χ3v) is 7.73. The number of amides is 3. The van der Waals surface area contributed by atoms with Crippen molar-refractivity contribution < 1.29 is 14.3 Å². The second-order valence-corrected chi connectivity index (χ2v) is 9.80. The van der Waals surface area contributed by atoms with Crippen LogP contribution < -0.4 is 0 Å². The first-order valence-corrected chi connectivity index (χ1v) is 12.2. The van der Waals surface area contributed by atoms with E-state index in [4.69, 9.17) is 9.72 Å². The molecule has 0 saturated carbocycles. The topological polar surface area (TPSA) is 66.0 Å². The first-order valence-electron chi connectivity index (χ1n) is 11.3. The van der Waals surface area contributed by atoms with Gasteiger partial charge in [-0.05, 0) is 30.5 Å². The minimum Gasteiger partial charge on any atom is -0.383 e. The number of imide groups is 1. The van der Waals surface area contributed by atoms with E-state index in [2.05, 4.69) is 11.0 Å². The van der Waals surface area contributed by atoms with Crippen LogP contribution in [0.25, 0.3) is 10.2 Å². The predicted octanol–water partition coefficient (Wildman–Crippen LogP) is 3.74. The number of methoxy groups -OCH3 is 1. The summed E-state index contributed by atoms with van der Waals surface area (Å²) >= 11 is 1.72. The Morgan fingerprint density at radius 3 is 2.45 bits per heavy atom. The van der Waals surface area contributed by atoms with Crippen LogP contribution in [0.4, 0.5) is 4.79 Å². The number of fused-ring (bicyclic) bond motifs is 1. The van der Waals surface area contributed by atoms with Crippen LogP contribution in [-0.2, 0) is 22.6 Å². The van der Waals surface area contributed by atoms with Gasteiger partial charge in [-0.3, -0.25) is 14.6 Å². The summed E-state index contributed by atoms with van der Waals surface area (Å²) in [6, 6.07) is 17.9. The Morgan fingerprint density at radius 1 is 1.00 bits per heavy atom. The number of hydrogen-bond donors (Lipinski definition) is 0. The number of carbonyl (C=O) groups excluding carboxylic acids is 2. The van der Waals surface area contributed by atoms with Gasteiger partial charge in [0.05, 0.1) is 29.9 Å². The molecule has 3 heterocycles. The summed E-state index contributed by atoms with van der Waals surface area (Å²) in [6.45, 7) is 3.33. The molecule has 2 aromatic carbocycles. The monoisotopic (exact) mass is 464 g/mol. The zero-order valence-corrected chi connectivity index (χ0v) is 19.6. The van der Waals surface area contributed by atoms with Crippen LogP contribution in [0.5, 0.6) is 0 Å². The third-order valence-electron chi connectivity index (χ3n) is 6.70. The molecule has 3 aromatic rings. The molecule has 8 heteroatoms. The fourth-order valence-electron chi connectivity index (χ4n) is 4.89. The number of urea groups is 1. The smallest absolute Gasteiger partial charge is 0.328 e. The van der Waals surface area contributed by atoms with Crippen molar-refractivity contribution in [1.29, 1.82) is 0 Å². The summed E-state index contributed by atoms with van der Waals surface area (Å²) < 4.78 is 6.35. The fourth-order valence-corrected chi connectivity index (χ4v) is 5.90. The van der Waals surface area contributed by atoms with Crippen molar-refractivity contribution in [2.75, 3.05) is 33.4 Å². The lowest BCUT2D eigenvalue weighted by atomic mass is 9.85. The molecular formula is C25H28N4O3S. The number of piperidine rings is 1. The number of benzene rings is 2. The van der Waals surface area contributed by atoms with Crippen molar-refractivity contribution in [3.05, 3.63) is 65.2 Å². The highest BCUT2D eigenvalue weighted by atomic mass is 32.1. The Bertz CT molecular complexity index is 1110. The van der Waals surface area contributed by atoms with Crippen LogP contribution >= 0.6 is 11.3 Å². The molecule has 0 N–H and O–H groups in total. The van der Waals surface area contributed by atoms with E-state index < -0.39 is 5.54 Å². The predicted molar refractivity (Wildman–Crippen MR) is 128 cm³/mol. The molecule has 1 spiro atoms. The highest BCUT2D eigenvalue weighted by molar-refractivity contribution is 7.18. The van der Waals surface area contributed by atoms with E-state index in [1.54, 1.807) is 23.3 Å². The maximum absolute atomic E-state index is 13.6. The van der Waals surface area contributed by atoms with E-state index in [9.17, 15) is 9.59 Å². The van der Waals surface area contributed by atoms with Gasteiger partial charge in [0.2, 0.25) is 0 Å². The molecule has 3 amide bonds. The van der Waals surface area contributed by atoms with Crippen LogP contribution in [0.3, 0.4) is 0 Å². The van der Waals surface area contributed by atoms with Gasteiger partial charge in [-0.2, -0.15) is 0 Å². The first kappa shape index (κ1) is 22.0. The van der Waals surface area contributed by atoms with Gasteiger partial charge in [0.25, 0.3) is 5.91 Å². The molecular weight excluding hydrogens is 436 g/mol. The summed E-state index contributed by atoms with van der Waals surface area (Å²) in [4.78, 5) is 37.2. The fraction of sp³-hybridized carbons (Fsp3) is 0.400. The number of aromatic nitrogens is 1. The molecule has 172 valence electrons. The Kier molecular flexibility index (Phi) is 6.14. The van der Waals surface area contributed by atoms with Gasteiger partial charge in [0, 0.05) is 26.7 Å². The van der Waals surface area contributed by atoms with E-state index in [1.165, 1.54) is 9.60 Å². The van der Waals surface area contributed by atoms with Gasteiger partial charge in [0.1, 0.15) is 10.5 Å². The van der Waals surface area contributed by atoms with Crippen molar-refractivity contribution in [1.82, 2.24) is 19.7 Å². The Balaban J connectivity index is 1.34. The van der Waals surface area contributed by atoms with Crippen LogP contribution in [0.15, 0.2) is 54.6 Å². The average Bonchev–Trinajstić information content (AvgIpc) is 3.33. The van der Waals surface area contributed by atoms with Gasteiger partial charge in [-0.15, -0.1) is 11.3 Å². The molecule has 2 aliphatic rings. The number of thiazole rings is 1. The van der Waals surface area contributed by atoms with E-state index in [0.29, 0.717) is 26.0 Å². The quantitative estimate of drug-likeness (QED) is 0.499. The average molecular weight is 465 g/mol. The lowest BCUT2D eigenvalue weighted by Gasteiger charge is -2.42. The normalized spacial score (nSPS) is 18.7. The summed E-state index contributed by atoms with van der Waals surface area (Å²) in [5, 5.41) is 1.09. The summed E-state index contributed by atoms with van der Waals surface area (Å²) in [5.41, 5.74) is 1.28. The molecule has 5 rings (SSSR count). The Labute approximate surface area is 197 Å². The Hall–Kier alpha value is -2.81. The second-order valence-electron chi connectivity index (χ2n) is 8.69. The molecule has 0 bridgehead atoms. The number of nitrogens with zero attached hydrogens (tertiary/aromatic N) is 4. The third kappa shape index (κ3) is 4.14. The van der Waals surface area contributed by atoms with Crippen molar-refractivity contribution >= 4 is 33.5 Å². The lowest BCUT2D eigenvalue weighted by molar-refractivity contribution is -0.136. The second kappa shape index (κ2) is 9.21. The standard InChI is InChI=1S/C25H28N4O3S/c1-32-16-15-28-23(30)25(29(24(28)31)17-19-7-3-2-4-8-19)11-13-27(14-12-25)18-22-26-20-9-5-6-10-21(20)33-22/h2-10H,11-18H2,1H3. The zero-order valence-electron chi connectivity index (χ0n) is 18.8. The van der Waals surface area contributed by atoms with Gasteiger partial charge in [0.15, 0.2) is 0 Å². The summed E-state index contributed by atoms with van der Waals surface area (Å²) in [7, 11) is 1.59. The van der Waals surface area contributed by atoms with Crippen LogP contribution in [-0.4, -0.2) is 70.5 Å². The summed E-state index contributed by atoms with van der Waals surface area (Å²) in [6.07, 6.45) is 1.25. The number of hydrogen-bond acceptors (Lipinski definition) is 6. The van der Waals surface area contributed by atoms with Crippen molar-refractivity contribution in [2.45, 2.75) is 31.5 Å². The van der Waals surface area contributed by atoms with E-state index in [1.807, 2.05) is 48.5 Å². The molecule has 2 fully saturated rings. The molecule has 0 unspecified atom stereocenters. The highest BCUT2D eigenvalue weighted by Crippen LogP contribution is 2.39. The van der Waals surface area contributed by atoms with Gasteiger partial charge >= 0.3 is 6.03 Å². The first-order chi connectivity index (χ1) is 16.1. The minimum absolute atomic E-state index is 0.0832. The lowest BCUT2D eigenvalue weighted by Crippen LogP contribution is -2.56. The molecule has 1 aromatic heterocycles. The molecule has 0 atom stereocenters. The summed E-state index contributed by atoms with van der Waals surface area (Å²) in [5.74, 6) is -0.0832. The molecule has 33 heavy (non-hydrogen) atoms. The Morgan fingerprint density at radius 2 is 1.73 bits per heavy atom. The van der Waals surface area contributed by atoms with Crippen LogP contribution in [0, 0.1) is 0 Å². The molecule has 7 nitrogen and oxygen atoms in total. The van der Waals surface area contributed by atoms with Crippen LogP contribution in [0.1, 0.15) is 23.4 Å². The zero-order chi connectivity index (χ0) is 22.8. The highest BCUT2D eigenvalue weighted by Gasteiger charge is 2.57. The number of carbonyl (C=O) groups is 2. The molecule has 2 aliphatic heterocycles. The van der Waals surface area contributed by atoms with E-state index >= 15 is 0 Å². The van der Waals surface area contributed by atoms with Crippen LogP contribution in [0.2, 0.25) is 0 Å². The number of likely N-dealkylation sites (tertiary alicyclic amines) is 1. The molecule has 2 saturated heterocycles. The molecule has 0 aliphatic carbocycles. The van der Waals surface area contributed by atoms with Crippen molar-refractivity contribution in [2.24, 2.45) is 0 Å². The van der Waals surface area contributed by atoms with E-state index in [-0.39, 0.29) is 18.5 Å². The van der Waals surface area contributed by atoms with Gasteiger partial charge in [-0.25, -0.2) is 9.78 Å². The van der Waals surface area contributed by atoms with Gasteiger partial charge < -0.3 is 9.64 Å². The van der Waals surface area contributed by atoms with Gasteiger partial charge in [-0.1, -0.05) is 42.5 Å². The van der Waals surface area contributed by atoms with Crippen molar-refractivity contribution in [3.63, 3.8) is 0 Å². The van der Waals surface area contributed by atoms with E-state index in [0.717, 1.165) is 35.7 Å². The molecule has 0 radical (unpaired) electrons. The largest absolute Gasteiger partial charge is 0.383 e. The minimum atomic E-state index is -0.787. The van der Waals surface area contributed by atoms with Crippen molar-refractivity contribution in [3.8, 4) is 0 Å². The number of para-hydroxylation sites is 1. The number of rotatable bonds is 7. The SMILES string of the molecule is COCCN1C(=O)N(Cc2ccccc2)C2(CCN(Cc3nc4ccccc4s3)CC2)C1=O. The maximum atomic E-state index is 13.6.